The van der Waals surface area contributed by atoms with E-state index >= 15 is 0 Å². The molecule has 1 aromatic carbocycles. The van der Waals surface area contributed by atoms with Gasteiger partial charge in [0.05, 0.1) is 6.04 Å². The highest BCUT2D eigenvalue weighted by Gasteiger charge is 2.37. The number of aromatic nitrogens is 3. The van der Waals surface area contributed by atoms with Crippen molar-refractivity contribution in [1.82, 2.24) is 19.8 Å². The molecule has 0 aliphatic carbocycles. The molecule has 1 unspecified atom stereocenters. The Labute approximate surface area is 193 Å². The van der Waals surface area contributed by atoms with Crippen LogP contribution in [-0.4, -0.2) is 37.9 Å². The number of pyridine rings is 1. The lowest BCUT2D eigenvalue weighted by molar-refractivity contribution is -0.608. The Morgan fingerprint density at radius 2 is 2.00 bits per heavy atom. The third-order valence-corrected chi connectivity index (χ3v) is 5.74. The van der Waals surface area contributed by atoms with Crippen molar-refractivity contribution in [3.05, 3.63) is 92.8 Å². The summed E-state index contributed by atoms with van der Waals surface area (Å²) in [7, 11) is 1.39. The van der Waals surface area contributed by atoms with Crippen LogP contribution in [-0.2, 0) is 13.6 Å². The summed E-state index contributed by atoms with van der Waals surface area (Å²) < 4.78 is 14.6. The molecular formula is C23H22FN5O5. The maximum atomic E-state index is 13.1. The first-order valence-corrected chi connectivity index (χ1v) is 10.6. The van der Waals surface area contributed by atoms with E-state index < -0.39 is 40.7 Å². The van der Waals surface area contributed by atoms with Crippen LogP contribution >= 0.6 is 0 Å². The molecule has 0 saturated carbocycles. The summed E-state index contributed by atoms with van der Waals surface area (Å²) >= 11 is 0. The summed E-state index contributed by atoms with van der Waals surface area (Å²) in [6.07, 6.45) is 2.28. The predicted octanol–water partition coefficient (Wildman–Crippen LogP) is 1.17. The van der Waals surface area contributed by atoms with E-state index in [4.69, 9.17) is 0 Å². The molecule has 1 aliphatic heterocycles. The number of halogens is 1. The zero-order valence-electron chi connectivity index (χ0n) is 18.3. The third-order valence-electron chi connectivity index (χ3n) is 5.74. The van der Waals surface area contributed by atoms with E-state index in [1.165, 1.54) is 54.5 Å². The highest BCUT2D eigenvalue weighted by Crippen LogP contribution is 2.32. The molecule has 11 heteroatoms. The topological polar surface area (TPSA) is 131 Å². The molecule has 10 nitrogen and oxygen atoms in total. The first-order chi connectivity index (χ1) is 16.3. The summed E-state index contributed by atoms with van der Waals surface area (Å²) in [5, 5.41) is 24.9. The van der Waals surface area contributed by atoms with Crippen LogP contribution in [0.2, 0.25) is 0 Å². The van der Waals surface area contributed by atoms with Gasteiger partial charge in [0.1, 0.15) is 11.6 Å². The standard InChI is InChI=1S/C23H22FN5O5/c1-27-20(16-6-4-11-28(16)22(32)17-5-2-3-12-29(17)34)26-18(19(30)23(27)33)21(31)25-13-14-7-9-15(24)10-8-14/h2-3,5,7-10,12,16,30H,4,6,11,13H2,1H3,(H,25,31). The first-order valence-electron chi connectivity index (χ1n) is 10.6. The molecule has 1 atom stereocenters. The summed E-state index contributed by atoms with van der Waals surface area (Å²) in [4.78, 5) is 44.2. The van der Waals surface area contributed by atoms with Gasteiger partial charge in [0, 0.05) is 32.3 Å². The van der Waals surface area contributed by atoms with Crippen LogP contribution in [0.4, 0.5) is 4.39 Å². The molecule has 2 aromatic heterocycles. The molecule has 1 fully saturated rings. The number of hydrogen-bond acceptors (Lipinski definition) is 6. The van der Waals surface area contributed by atoms with E-state index in [0.717, 1.165) is 4.57 Å². The number of nitrogens with zero attached hydrogens (tertiary/aromatic N) is 4. The molecule has 176 valence electrons. The number of aromatic hydroxyl groups is 1. The van der Waals surface area contributed by atoms with Crippen LogP contribution < -0.4 is 15.6 Å². The molecule has 1 aliphatic rings. The molecule has 0 bridgehead atoms. The van der Waals surface area contributed by atoms with Gasteiger partial charge in [0.2, 0.25) is 5.75 Å². The fraction of sp³-hybridized carbons (Fsp3) is 0.261. The van der Waals surface area contributed by atoms with Gasteiger partial charge in [-0.3, -0.25) is 19.0 Å². The minimum Gasteiger partial charge on any atom is -0.618 e. The number of likely N-dealkylation sites (tertiary alicyclic amines) is 1. The second kappa shape index (κ2) is 9.30. The summed E-state index contributed by atoms with van der Waals surface area (Å²) in [6.45, 7) is 0.359. The minimum absolute atomic E-state index is 0.0241. The SMILES string of the molecule is Cn1c(C2CCCN2C(=O)c2cccc[n+]2[O-])nc(C(=O)NCc2ccc(F)cc2)c(O)c1=O. The Hall–Kier alpha value is -4.28. The Balaban J connectivity index is 1.63. The van der Waals surface area contributed by atoms with E-state index in [2.05, 4.69) is 10.3 Å². The number of carbonyl (C=O) groups excluding carboxylic acids is 2. The number of nitrogens with one attached hydrogen (secondary N) is 1. The molecule has 2 N–H and O–H groups in total. The van der Waals surface area contributed by atoms with E-state index in [-0.39, 0.29) is 18.1 Å². The van der Waals surface area contributed by atoms with Gasteiger partial charge >= 0.3 is 5.91 Å². The van der Waals surface area contributed by atoms with E-state index in [1.807, 2.05) is 0 Å². The fourth-order valence-electron chi connectivity index (χ4n) is 3.95. The van der Waals surface area contributed by atoms with Gasteiger partial charge in [-0.2, -0.15) is 4.73 Å². The number of hydrogen-bond donors (Lipinski definition) is 2. The quantitative estimate of drug-likeness (QED) is 0.428. The molecule has 2 amide bonds. The fourth-order valence-corrected chi connectivity index (χ4v) is 3.95. The molecule has 1 saturated heterocycles. The van der Waals surface area contributed by atoms with Crippen LogP contribution in [0.5, 0.6) is 5.75 Å². The van der Waals surface area contributed by atoms with Gasteiger partial charge in [-0.05, 0) is 36.6 Å². The van der Waals surface area contributed by atoms with Gasteiger partial charge < -0.3 is 20.5 Å². The second-order valence-corrected chi connectivity index (χ2v) is 7.91. The smallest absolute Gasteiger partial charge is 0.320 e. The Morgan fingerprint density at radius 3 is 2.71 bits per heavy atom. The van der Waals surface area contributed by atoms with Crippen LogP contribution in [0.25, 0.3) is 0 Å². The molecule has 34 heavy (non-hydrogen) atoms. The molecular weight excluding hydrogens is 445 g/mol. The van der Waals surface area contributed by atoms with Crippen LogP contribution in [0.1, 0.15) is 51.2 Å². The zero-order chi connectivity index (χ0) is 24.4. The molecule has 4 rings (SSSR count). The second-order valence-electron chi connectivity index (χ2n) is 7.91. The number of amides is 2. The van der Waals surface area contributed by atoms with E-state index in [1.54, 1.807) is 6.07 Å². The summed E-state index contributed by atoms with van der Waals surface area (Å²) in [5.74, 6) is -2.44. The van der Waals surface area contributed by atoms with Crippen molar-refractivity contribution in [1.29, 1.82) is 0 Å². The summed E-state index contributed by atoms with van der Waals surface area (Å²) in [5.41, 5.74) is -0.775. The van der Waals surface area contributed by atoms with Crippen molar-refractivity contribution in [3.63, 3.8) is 0 Å². The van der Waals surface area contributed by atoms with Crippen molar-refractivity contribution < 1.29 is 23.8 Å². The highest BCUT2D eigenvalue weighted by atomic mass is 19.1. The van der Waals surface area contributed by atoms with Crippen molar-refractivity contribution >= 4 is 11.8 Å². The largest absolute Gasteiger partial charge is 0.618 e. The zero-order valence-corrected chi connectivity index (χ0v) is 18.3. The normalized spacial score (nSPS) is 15.4. The van der Waals surface area contributed by atoms with Crippen molar-refractivity contribution in [2.24, 2.45) is 7.05 Å². The monoisotopic (exact) mass is 467 g/mol. The van der Waals surface area contributed by atoms with Crippen LogP contribution in [0.3, 0.4) is 0 Å². The Kier molecular flexibility index (Phi) is 6.26. The molecule has 3 aromatic rings. The maximum absolute atomic E-state index is 13.1. The summed E-state index contributed by atoms with van der Waals surface area (Å²) in [6, 6.07) is 9.29. The molecule has 0 radical (unpaired) electrons. The number of benzene rings is 1. The lowest BCUT2D eigenvalue weighted by Crippen LogP contribution is -2.42. The highest BCUT2D eigenvalue weighted by molar-refractivity contribution is 5.94. The van der Waals surface area contributed by atoms with Crippen molar-refractivity contribution in [3.8, 4) is 5.75 Å². The average molecular weight is 467 g/mol. The van der Waals surface area contributed by atoms with Crippen molar-refractivity contribution in [2.45, 2.75) is 25.4 Å². The lowest BCUT2D eigenvalue weighted by atomic mass is 10.1. The number of rotatable bonds is 5. The molecule has 0 spiro atoms. The minimum atomic E-state index is -0.838. The maximum Gasteiger partial charge on any atom is 0.320 e. The van der Waals surface area contributed by atoms with Gasteiger partial charge in [-0.25, -0.2) is 9.37 Å². The molecule has 3 heterocycles. The lowest BCUT2D eigenvalue weighted by Gasteiger charge is -2.25. The Morgan fingerprint density at radius 1 is 1.26 bits per heavy atom. The number of carbonyl (C=O) groups is 2. The van der Waals surface area contributed by atoms with Gasteiger partial charge in [-0.1, -0.05) is 12.1 Å². The van der Waals surface area contributed by atoms with Gasteiger partial charge in [0.25, 0.3) is 17.2 Å². The van der Waals surface area contributed by atoms with E-state index in [0.29, 0.717) is 29.7 Å². The average Bonchev–Trinajstić information content (AvgIpc) is 3.32. The van der Waals surface area contributed by atoms with Crippen LogP contribution in [0.15, 0.2) is 53.5 Å². The first kappa shape index (κ1) is 22.9. The van der Waals surface area contributed by atoms with E-state index in [9.17, 15) is 29.1 Å². The van der Waals surface area contributed by atoms with Crippen LogP contribution in [0, 0.1) is 11.0 Å². The Bertz CT molecular complexity index is 1310. The predicted molar refractivity (Wildman–Crippen MR) is 117 cm³/mol. The van der Waals surface area contributed by atoms with Gasteiger partial charge in [0.15, 0.2) is 11.9 Å². The van der Waals surface area contributed by atoms with Gasteiger partial charge in [-0.15, -0.1) is 0 Å². The third kappa shape index (κ3) is 4.32. The van der Waals surface area contributed by atoms with Crippen molar-refractivity contribution in [2.75, 3.05) is 6.54 Å².